The highest BCUT2D eigenvalue weighted by Crippen LogP contribution is 2.44. The van der Waals surface area contributed by atoms with Gasteiger partial charge in [-0.2, -0.15) is 0 Å². The largest absolute Gasteiger partial charge is 0.494 e. The van der Waals surface area contributed by atoms with E-state index in [0.717, 1.165) is 23.1 Å². The number of alkyl halides is 1. The Hall–Kier alpha value is -0.800. The zero-order chi connectivity index (χ0) is 14.8. The van der Waals surface area contributed by atoms with Crippen molar-refractivity contribution in [2.45, 2.75) is 24.6 Å². The molecule has 0 aromatic heterocycles. The molecule has 0 radical (unpaired) electrons. The van der Waals surface area contributed by atoms with E-state index >= 15 is 0 Å². The molecule has 110 valence electrons. The number of halogens is 2. The van der Waals surface area contributed by atoms with Crippen LogP contribution in [-0.4, -0.2) is 6.61 Å². The van der Waals surface area contributed by atoms with Gasteiger partial charge in [0, 0.05) is 14.9 Å². The summed E-state index contributed by atoms with van der Waals surface area (Å²) in [7, 11) is 0. The molecule has 0 N–H and O–H groups in total. The van der Waals surface area contributed by atoms with Crippen molar-refractivity contribution >= 4 is 31.9 Å². The summed E-state index contributed by atoms with van der Waals surface area (Å²) in [5.41, 5.74) is 4.21. The number of fused-ring (bicyclic) bond motifs is 1. The maximum atomic E-state index is 5.80. The smallest absolute Gasteiger partial charge is 0.123 e. The second kappa shape index (κ2) is 6.53. The fourth-order valence-corrected chi connectivity index (χ4v) is 4.19. The minimum Gasteiger partial charge on any atom is -0.494 e. The van der Waals surface area contributed by atoms with Crippen LogP contribution >= 0.6 is 31.9 Å². The van der Waals surface area contributed by atoms with Crippen LogP contribution in [0, 0.1) is 5.92 Å². The van der Waals surface area contributed by atoms with Crippen LogP contribution in [0.4, 0.5) is 0 Å². The van der Waals surface area contributed by atoms with Gasteiger partial charge in [0.2, 0.25) is 0 Å². The zero-order valence-electron chi connectivity index (χ0n) is 12.0. The normalized spacial score (nSPS) is 15.8. The summed E-state index contributed by atoms with van der Waals surface area (Å²) in [5, 5.41) is 0. The third-order valence-corrected chi connectivity index (χ3v) is 5.80. The summed E-state index contributed by atoms with van der Waals surface area (Å²) in [5.74, 6) is 1.56. The number of hydrogen-bond acceptors (Lipinski definition) is 1. The van der Waals surface area contributed by atoms with E-state index in [2.05, 4.69) is 68.3 Å². The lowest BCUT2D eigenvalue weighted by Gasteiger charge is -2.21. The lowest BCUT2D eigenvalue weighted by Crippen LogP contribution is -2.09. The van der Waals surface area contributed by atoms with Gasteiger partial charge in [0.1, 0.15) is 5.75 Å². The molecule has 0 saturated carbocycles. The van der Waals surface area contributed by atoms with Gasteiger partial charge in [0.05, 0.1) is 6.61 Å². The SMILES string of the molecule is CCOc1ccc(Br)cc1C(Br)C1Cc2ccccc2C1. The Bertz CT molecular complexity index is 614. The van der Waals surface area contributed by atoms with Crippen LogP contribution in [0.2, 0.25) is 0 Å². The molecule has 1 atom stereocenters. The van der Waals surface area contributed by atoms with Gasteiger partial charge in [-0.25, -0.2) is 0 Å². The quantitative estimate of drug-likeness (QED) is 0.588. The van der Waals surface area contributed by atoms with Gasteiger partial charge in [0.25, 0.3) is 0 Å². The molecule has 0 spiro atoms. The maximum Gasteiger partial charge on any atom is 0.123 e. The Balaban J connectivity index is 1.86. The monoisotopic (exact) mass is 408 g/mol. The Kier molecular flexibility index (Phi) is 4.70. The van der Waals surface area contributed by atoms with Crippen LogP contribution in [0.15, 0.2) is 46.9 Å². The molecular weight excluding hydrogens is 392 g/mol. The van der Waals surface area contributed by atoms with Crippen LogP contribution in [-0.2, 0) is 12.8 Å². The van der Waals surface area contributed by atoms with E-state index in [4.69, 9.17) is 4.74 Å². The molecule has 1 aliphatic rings. The van der Waals surface area contributed by atoms with Crippen LogP contribution in [0.3, 0.4) is 0 Å². The average molecular weight is 410 g/mol. The standard InChI is InChI=1S/C18H18Br2O/c1-2-21-17-8-7-15(19)11-16(17)18(20)14-9-12-5-3-4-6-13(12)10-14/h3-8,11,14,18H,2,9-10H2,1H3. The Morgan fingerprint density at radius 2 is 1.81 bits per heavy atom. The van der Waals surface area contributed by atoms with Crippen LogP contribution in [0.5, 0.6) is 5.75 Å². The molecule has 1 nitrogen and oxygen atoms in total. The topological polar surface area (TPSA) is 9.23 Å². The minimum absolute atomic E-state index is 0.309. The van der Waals surface area contributed by atoms with Gasteiger partial charge in [-0.15, -0.1) is 0 Å². The summed E-state index contributed by atoms with van der Waals surface area (Å²) in [6.07, 6.45) is 2.26. The second-order valence-electron chi connectivity index (χ2n) is 5.45. The van der Waals surface area contributed by atoms with Crippen molar-refractivity contribution in [1.29, 1.82) is 0 Å². The molecular formula is C18H18Br2O. The molecule has 0 bridgehead atoms. The van der Waals surface area contributed by atoms with Gasteiger partial charge < -0.3 is 4.74 Å². The average Bonchev–Trinajstić information content (AvgIpc) is 2.92. The van der Waals surface area contributed by atoms with E-state index in [1.54, 1.807) is 0 Å². The summed E-state index contributed by atoms with van der Waals surface area (Å²) < 4.78 is 6.90. The van der Waals surface area contributed by atoms with Gasteiger partial charge in [-0.05, 0) is 55.0 Å². The first-order chi connectivity index (χ1) is 10.2. The van der Waals surface area contributed by atoms with Gasteiger partial charge in [0.15, 0.2) is 0 Å². The molecule has 2 aromatic rings. The number of hydrogen-bond donors (Lipinski definition) is 0. The van der Waals surface area contributed by atoms with E-state index in [-0.39, 0.29) is 0 Å². The second-order valence-corrected chi connectivity index (χ2v) is 7.36. The van der Waals surface area contributed by atoms with Crippen molar-refractivity contribution in [3.05, 3.63) is 63.6 Å². The molecule has 21 heavy (non-hydrogen) atoms. The number of rotatable bonds is 4. The Labute approximate surface area is 143 Å². The maximum absolute atomic E-state index is 5.80. The van der Waals surface area contributed by atoms with Gasteiger partial charge >= 0.3 is 0 Å². The van der Waals surface area contributed by atoms with E-state index in [9.17, 15) is 0 Å². The summed E-state index contributed by atoms with van der Waals surface area (Å²) in [6.45, 7) is 2.72. The summed E-state index contributed by atoms with van der Waals surface area (Å²) in [6, 6.07) is 15.0. The molecule has 0 fully saturated rings. The fourth-order valence-electron chi connectivity index (χ4n) is 3.08. The van der Waals surface area contributed by atoms with Crippen molar-refractivity contribution in [2.24, 2.45) is 5.92 Å². The predicted molar refractivity (Wildman–Crippen MR) is 94.3 cm³/mol. The first-order valence-corrected chi connectivity index (χ1v) is 9.03. The van der Waals surface area contributed by atoms with Gasteiger partial charge in [-0.1, -0.05) is 56.1 Å². The molecule has 1 aliphatic carbocycles. The molecule has 0 heterocycles. The first-order valence-electron chi connectivity index (χ1n) is 7.32. The first kappa shape index (κ1) is 15.1. The highest BCUT2D eigenvalue weighted by atomic mass is 79.9. The van der Waals surface area contributed by atoms with Crippen molar-refractivity contribution < 1.29 is 4.74 Å². The molecule has 3 heteroatoms. The van der Waals surface area contributed by atoms with Crippen molar-refractivity contribution in [3.63, 3.8) is 0 Å². The number of benzene rings is 2. The summed E-state index contributed by atoms with van der Waals surface area (Å²) >= 11 is 7.50. The molecule has 0 saturated heterocycles. The molecule has 1 unspecified atom stereocenters. The van der Waals surface area contributed by atoms with Gasteiger partial charge in [-0.3, -0.25) is 0 Å². The molecule has 0 amide bonds. The Morgan fingerprint density at radius 1 is 1.14 bits per heavy atom. The predicted octanol–water partition coefficient (Wildman–Crippen LogP) is 5.70. The molecule has 2 aromatic carbocycles. The lowest BCUT2D eigenvalue weighted by molar-refractivity contribution is 0.334. The molecule has 0 aliphatic heterocycles. The van der Waals surface area contributed by atoms with E-state index < -0.39 is 0 Å². The van der Waals surface area contributed by atoms with Crippen LogP contribution in [0.25, 0.3) is 0 Å². The van der Waals surface area contributed by atoms with Crippen LogP contribution in [0.1, 0.15) is 28.4 Å². The number of ether oxygens (including phenoxy) is 1. The van der Waals surface area contributed by atoms with E-state index in [1.807, 2.05) is 13.0 Å². The highest BCUT2D eigenvalue weighted by molar-refractivity contribution is 9.10. The minimum atomic E-state index is 0.309. The highest BCUT2D eigenvalue weighted by Gasteiger charge is 2.29. The van der Waals surface area contributed by atoms with Crippen molar-refractivity contribution in [2.75, 3.05) is 6.61 Å². The van der Waals surface area contributed by atoms with Crippen molar-refractivity contribution in [1.82, 2.24) is 0 Å². The third kappa shape index (κ3) is 3.19. The zero-order valence-corrected chi connectivity index (χ0v) is 15.2. The van der Waals surface area contributed by atoms with Crippen LogP contribution < -0.4 is 4.74 Å². The fraction of sp³-hybridized carbons (Fsp3) is 0.333. The third-order valence-electron chi connectivity index (χ3n) is 4.07. The summed E-state index contributed by atoms with van der Waals surface area (Å²) in [4.78, 5) is 0.309. The molecule has 3 rings (SSSR count). The van der Waals surface area contributed by atoms with E-state index in [1.165, 1.54) is 16.7 Å². The van der Waals surface area contributed by atoms with Crippen molar-refractivity contribution in [3.8, 4) is 5.75 Å². The Morgan fingerprint density at radius 3 is 2.43 bits per heavy atom. The van der Waals surface area contributed by atoms with E-state index in [0.29, 0.717) is 17.4 Å². The lowest BCUT2D eigenvalue weighted by atomic mass is 9.96.